The van der Waals surface area contributed by atoms with E-state index in [9.17, 15) is 0 Å². The van der Waals surface area contributed by atoms with Crippen LogP contribution in [0, 0.1) is 0 Å². The van der Waals surface area contributed by atoms with Gasteiger partial charge in [0.2, 0.25) is 0 Å². The third-order valence-electron chi connectivity index (χ3n) is 2.43. The molecule has 2 aromatic rings. The summed E-state index contributed by atoms with van der Waals surface area (Å²) in [5, 5.41) is 3.20. The zero-order valence-electron chi connectivity index (χ0n) is 9.68. The maximum absolute atomic E-state index is 5.52. The van der Waals surface area contributed by atoms with Crippen molar-refractivity contribution in [2.45, 2.75) is 6.54 Å². The van der Waals surface area contributed by atoms with Crippen LogP contribution in [0.15, 0.2) is 42.6 Å². The number of benzene rings is 1. The minimum absolute atomic E-state index is 0.502. The number of hydrogen-bond donors (Lipinski definition) is 2. The molecule has 1 heterocycles. The molecule has 0 aliphatic rings. The SMILES string of the molecule is COc1ccccc1Nc1ccc(CN)cn1. The van der Waals surface area contributed by atoms with Crippen molar-refractivity contribution in [2.75, 3.05) is 12.4 Å². The van der Waals surface area contributed by atoms with Gasteiger partial charge in [0.15, 0.2) is 0 Å². The van der Waals surface area contributed by atoms with Gasteiger partial charge in [-0.2, -0.15) is 0 Å². The predicted octanol–water partition coefficient (Wildman–Crippen LogP) is 2.29. The van der Waals surface area contributed by atoms with E-state index in [0.717, 1.165) is 22.8 Å². The smallest absolute Gasteiger partial charge is 0.142 e. The van der Waals surface area contributed by atoms with Crippen molar-refractivity contribution in [1.29, 1.82) is 0 Å². The highest BCUT2D eigenvalue weighted by molar-refractivity contribution is 5.63. The number of anilines is 2. The molecular formula is C13H15N3O. The molecular weight excluding hydrogens is 214 g/mol. The molecule has 4 heteroatoms. The number of pyridine rings is 1. The molecule has 17 heavy (non-hydrogen) atoms. The van der Waals surface area contributed by atoms with Crippen molar-refractivity contribution < 1.29 is 4.74 Å². The van der Waals surface area contributed by atoms with Gasteiger partial charge in [-0.3, -0.25) is 0 Å². The molecule has 0 fully saturated rings. The van der Waals surface area contributed by atoms with Crippen molar-refractivity contribution in [1.82, 2.24) is 4.98 Å². The topological polar surface area (TPSA) is 60.2 Å². The van der Waals surface area contributed by atoms with E-state index in [2.05, 4.69) is 10.3 Å². The zero-order chi connectivity index (χ0) is 12.1. The van der Waals surface area contributed by atoms with Crippen LogP contribution in [-0.4, -0.2) is 12.1 Å². The Labute approximate surface area is 100 Å². The van der Waals surface area contributed by atoms with Gasteiger partial charge >= 0.3 is 0 Å². The van der Waals surface area contributed by atoms with Crippen molar-refractivity contribution in [2.24, 2.45) is 5.73 Å². The molecule has 0 amide bonds. The average molecular weight is 229 g/mol. The zero-order valence-corrected chi connectivity index (χ0v) is 9.68. The monoisotopic (exact) mass is 229 g/mol. The molecule has 4 nitrogen and oxygen atoms in total. The first-order valence-electron chi connectivity index (χ1n) is 5.38. The summed E-state index contributed by atoms with van der Waals surface area (Å²) in [6, 6.07) is 11.6. The van der Waals surface area contributed by atoms with Gasteiger partial charge in [0.25, 0.3) is 0 Å². The van der Waals surface area contributed by atoms with E-state index in [1.807, 2.05) is 36.4 Å². The molecule has 0 atom stereocenters. The number of rotatable bonds is 4. The maximum atomic E-state index is 5.52. The summed E-state index contributed by atoms with van der Waals surface area (Å²) >= 11 is 0. The van der Waals surface area contributed by atoms with Gasteiger partial charge in [0, 0.05) is 12.7 Å². The van der Waals surface area contributed by atoms with Crippen LogP contribution in [-0.2, 0) is 6.54 Å². The molecule has 0 saturated carbocycles. The van der Waals surface area contributed by atoms with E-state index in [1.165, 1.54) is 0 Å². The quantitative estimate of drug-likeness (QED) is 0.844. The van der Waals surface area contributed by atoms with Crippen LogP contribution in [0.1, 0.15) is 5.56 Å². The van der Waals surface area contributed by atoms with Crippen LogP contribution in [0.3, 0.4) is 0 Å². The summed E-state index contributed by atoms with van der Waals surface area (Å²) in [6.45, 7) is 0.502. The third-order valence-corrected chi connectivity index (χ3v) is 2.43. The number of hydrogen-bond acceptors (Lipinski definition) is 4. The highest BCUT2D eigenvalue weighted by atomic mass is 16.5. The fourth-order valence-corrected chi connectivity index (χ4v) is 1.51. The fourth-order valence-electron chi connectivity index (χ4n) is 1.51. The molecule has 0 aliphatic carbocycles. The van der Waals surface area contributed by atoms with E-state index in [1.54, 1.807) is 13.3 Å². The standard InChI is InChI=1S/C13H15N3O/c1-17-12-5-3-2-4-11(12)16-13-7-6-10(8-14)9-15-13/h2-7,9H,8,14H2,1H3,(H,15,16). The third kappa shape index (κ3) is 2.73. The second kappa shape index (κ2) is 5.32. The Morgan fingerprint density at radius 1 is 1.24 bits per heavy atom. The van der Waals surface area contributed by atoms with Gasteiger partial charge in [-0.15, -0.1) is 0 Å². The molecule has 0 saturated heterocycles. The summed E-state index contributed by atoms with van der Waals surface area (Å²) in [7, 11) is 1.64. The summed E-state index contributed by atoms with van der Waals surface area (Å²) in [5.41, 5.74) is 7.42. The molecule has 1 aromatic carbocycles. The summed E-state index contributed by atoms with van der Waals surface area (Å²) < 4.78 is 5.25. The molecule has 2 rings (SSSR count). The first-order valence-corrected chi connectivity index (χ1v) is 5.38. The molecule has 0 aliphatic heterocycles. The molecule has 0 spiro atoms. The Hall–Kier alpha value is -2.07. The second-order valence-corrected chi connectivity index (χ2v) is 3.58. The van der Waals surface area contributed by atoms with Crippen LogP contribution in [0.25, 0.3) is 0 Å². The van der Waals surface area contributed by atoms with Crippen LogP contribution < -0.4 is 15.8 Å². The average Bonchev–Trinajstić information content (AvgIpc) is 2.40. The minimum Gasteiger partial charge on any atom is -0.495 e. The number of nitrogens with zero attached hydrogens (tertiary/aromatic N) is 1. The maximum Gasteiger partial charge on any atom is 0.142 e. The Balaban J connectivity index is 2.19. The number of aromatic nitrogens is 1. The van der Waals surface area contributed by atoms with Gasteiger partial charge in [-0.1, -0.05) is 18.2 Å². The van der Waals surface area contributed by atoms with Crippen molar-refractivity contribution >= 4 is 11.5 Å². The van der Waals surface area contributed by atoms with Crippen molar-refractivity contribution in [3.8, 4) is 5.75 Å². The van der Waals surface area contributed by atoms with E-state index < -0.39 is 0 Å². The molecule has 3 N–H and O–H groups in total. The fraction of sp³-hybridized carbons (Fsp3) is 0.154. The van der Waals surface area contributed by atoms with E-state index in [0.29, 0.717) is 6.54 Å². The largest absolute Gasteiger partial charge is 0.495 e. The lowest BCUT2D eigenvalue weighted by Crippen LogP contribution is -1.99. The van der Waals surface area contributed by atoms with Crippen LogP contribution in [0.2, 0.25) is 0 Å². The normalized spacial score (nSPS) is 10.0. The minimum atomic E-state index is 0.502. The van der Waals surface area contributed by atoms with E-state index in [-0.39, 0.29) is 0 Å². The molecule has 0 radical (unpaired) electrons. The van der Waals surface area contributed by atoms with E-state index >= 15 is 0 Å². The van der Waals surface area contributed by atoms with Gasteiger partial charge in [-0.05, 0) is 23.8 Å². The Bertz CT molecular complexity index is 482. The summed E-state index contributed by atoms with van der Waals surface area (Å²) in [4.78, 5) is 4.27. The first kappa shape index (κ1) is 11.4. The molecule has 1 aromatic heterocycles. The van der Waals surface area contributed by atoms with Gasteiger partial charge in [0.05, 0.1) is 12.8 Å². The van der Waals surface area contributed by atoms with Crippen molar-refractivity contribution in [3.05, 3.63) is 48.2 Å². The number of nitrogens with two attached hydrogens (primary N) is 1. The van der Waals surface area contributed by atoms with Gasteiger partial charge < -0.3 is 15.8 Å². The van der Waals surface area contributed by atoms with E-state index in [4.69, 9.17) is 10.5 Å². The highest BCUT2D eigenvalue weighted by Crippen LogP contribution is 2.25. The lowest BCUT2D eigenvalue weighted by atomic mass is 10.2. The Kier molecular flexibility index (Phi) is 3.57. The molecule has 0 unspecified atom stereocenters. The first-order chi connectivity index (χ1) is 8.33. The lowest BCUT2D eigenvalue weighted by molar-refractivity contribution is 0.417. The van der Waals surface area contributed by atoms with Crippen LogP contribution in [0.5, 0.6) is 5.75 Å². The summed E-state index contributed by atoms with van der Waals surface area (Å²) in [5.74, 6) is 1.56. The number of ether oxygens (including phenoxy) is 1. The molecule has 88 valence electrons. The predicted molar refractivity (Wildman–Crippen MR) is 68.4 cm³/mol. The number of methoxy groups -OCH3 is 1. The van der Waals surface area contributed by atoms with Crippen molar-refractivity contribution in [3.63, 3.8) is 0 Å². The van der Waals surface area contributed by atoms with Crippen LogP contribution >= 0.6 is 0 Å². The summed E-state index contributed by atoms with van der Waals surface area (Å²) in [6.07, 6.45) is 1.76. The second-order valence-electron chi connectivity index (χ2n) is 3.58. The number of nitrogens with one attached hydrogen (secondary N) is 1. The Morgan fingerprint density at radius 2 is 2.06 bits per heavy atom. The lowest BCUT2D eigenvalue weighted by Gasteiger charge is -2.10. The highest BCUT2D eigenvalue weighted by Gasteiger charge is 2.02. The van der Waals surface area contributed by atoms with Gasteiger partial charge in [-0.25, -0.2) is 4.98 Å². The van der Waals surface area contributed by atoms with Crippen LogP contribution in [0.4, 0.5) is 11.5 Å². The number of para-hydroxylation sites is 2. The molecule has 0 bridgehead atoms. The Morgan fingerprint density at radius 3 is 2.71 bits per heavy atom. The van der Waals surface area contributed by atoms with Gasteiger partial charge in [0.1, 0.15) is 11.6 Å².